The fraction of sp³-hybridized carbons (Fsp3) is 0.360. The first-order valence-electron chi connectivity index (χ1n) is 10.8. The van der Waals surface area contributed by atoms with Gasteiger partial charge in [-0.1, -0.05) is 23.7 Å². The molecule has 2 saturated carbocycles. The van der Waals surface area contributed by atoms with Gasteiger partial charge in [0.05, 0.1) is 18.3 Å². The molecule has 1 saturated heterocycles. The van der Waals surface area contributed by atoms with Crippen LogP contribution in [0.3, 0.4) is 0 Å². The third-order valence-corrected chi connectivity index (χ3v) is 7.02. The Morgan fingerprint density at radius 3 is 2.45 bits per heavy atom. The zero-order chi connectivity index (χ0) is 23.1. The number of benzene rings is 2. The zero-order valence-corrected chi connectivity index (χ0v) is 18.3. The summed E-state index contributed by atoms with van der Waals surface area (Å²) >= 11 is 5.84. The number of rotatable bonds is 7. The number of ether oxygens (including phenoxy) is 3. The highest BCUT2D eigenvalue weighted by molar-refractivity contribution is 6.30. The summed E-state index contributed by atoms with van der Waals surface area (Å²) in [5, 5.41) is 0.586. The maximum atomic E-state index is 12.6. The molecule has 0 radical (unpaired) electrons. The molecule has 0 N–H and O–H groups in total. The number of carbonyl (C=O) groups is 4. The van der Waals surface area contributed by atoms with E-state index in [1.807, 2.05) is 0 Å². The minimum absolute atomic E-state index is 0.0583. The molecule has 2 bridgehead atoms. The number of carbonyl (C=O) groups excluding carboxylic acids is 4. The molecule has 5 rings (SSSR count). The minimum atomic E-state index is -0.517. The van der Waals surface area contributed by atoms with E-state index in [9.17, 15) is 19.2 Å². The molecule has 3 aliphatic rings. The van der Waals surface area contributed by atoms with Crippen LogP contribution in [0.2, 0.25) is 5.02 Å². The molecule has 33 heavy (non-hydrogen) atoms. The van der Waals surface area contributed by atoms with Crippen molar-refractivity contribution in [3.05, 3.63) is 64.7 Å². The van der Waals surface area contributed by atoms with Crippen LogP contribution in [0.1, 0.15) is 28.8 Å². The molecule has 3 fully saturated rings. The number of hydrogen-bond acceptors (Lipinski definition) is 7. The second-order valence-electron chi connectivity index (χ2n) is 8.75. The largest absolute Gasteiger partial charge is 0.462 e. The first kappa shape index (κ1) is 21.6. The van der Waals surface area contributed by atoms with Gasteiger partial charge in [-0.05, 0) is 60.7 Å². The third-order valence-electron chi connectivity index (χ3n) is 6.77. The molecule has 2 aromatic rings. The van der Waals surface area contributed by atoms with Crippen molar-refractivity contribution < 1.29 is 33.4 Å². The van der Waals surface area contributed by atoms with E-state index in [1.165, 1.54) is 24.3 Å². The average Bonchev–Trinajstić information content (AvgIpc) is 3.42. The predicted molar refractivity (Wildman–Crippen MR) is 116 cm³/mol. The highest BCUT2D eigenvalue weighted by atomic mass is 35.5. The van der Waals surface area contributed by atoms with E-state index in [2.05, 4.69) is 0 Å². The molecule has 2 aromatic carbocycles. The molecule has 0 unspecified atom stereocenters. The molecule has 8 heteroatoms. The Hall–Kier alpha value is -3.19. The smallest absolute Gasteiger partial charge is 0.315 e. The van der Waals surface area contributed by atoms with Crippen LogP contribution in [0.25, 0.3) is 0 Å². The summed E-state index contributed by atoms with van der Waals surface area (Å²) in [7, 11) is 0. The summed E-state index contributed by atoms with van der Waals surface area (Å²) in [6, 6.07) is 12.9. The van der Waals surface area contributed by atoms with Crippen molar-refractivity contribution in [3.8, 4) is 5.75 Å². The van der Waals surface area contributed by atoms with E-state index in [4.69, 9.17) is 25.8 Å². The normalized spacial score (nSPS) is 26.7. The monoisotopic (exact) mass is 468 g/mol. The van der Waals surface area contributed by atoms with Gasteiger partial charge < -0.3 is 14.2 Å². The number of fused-ring (bicyclic) bond motifs is 1. The van der Waals surface area contributed by atoms with Gasteiger partial charge in [0.2, 0.25) is 0 Å². The molecule has 170 valence electrons. The number of ketones is 1. The lowest BCUT2D eigenvalue weighted by Gasteiger charge is -2.22. The van der Waals surface area contributed by atoms with Crippen LogP contribution < -0.4 is 4.74 Å². The van der Waals surface area contributed by atoms with E-state index in [0.717, 1.165) is 12.0 Å². The van der Waals surface area contributed by atoms with Gasteiger partial charge >= 0.3 is 17.9 Å². The van der Waals surface area contributed by atoms with Crippen molar-refractivity contribution in [3.63, 3.8) is 0 Å². The van der Waals surface area contributed by atoms with Crippen LogP contribution in [-0.2, 0) is 30.3 Å². The Bertz CT molecular complexity index is 1110. The van der Waals surface area contributed by atoms with E-state index in [1.54, 1.807) is 24.3 Å². The van der Waals surface area contributed by atoms with Gasteiger partial charge in [0.1, 0.15) is 11.9 Å². The summed E-state index contributed by atoms with van der Waals surface area (Å²) in [5.41, 5.74) is 1.10. The molecule has 2 aliphatic carbocycles. The fourth-order valence-electron chi connectivity index (χ4n) is 5.29. The van der Waals surface area contributed by atoms with Crippen molar-refractivity contribution in [2.75, 3.05) is 6.61 Å². The van der Waals surface area contributed by atoms with Crippen LogP contribution in [0.15, 0.2) is 48.5 Å². The zero-order valence-electron chi connectivity index (χ0n) is 17.6. The molecule has 7 nitrogen and oxygen atoms in total. The van der Waals surface area contributed by atoms with Gasteiger partial charge in [0, 0.05) is 16.5 Å². The van der Waals surface area contributed by atoms with Gasteiger partial charge in [-0.15, -0.1) is 0 Å². The summed E-state index contributed by atoms with van der Waals surface area (Å²) in [6.45, 7) is -0.409. The lowest BCUT2D eigenvalue weighted by atomic mass is 9.80. The Morgan fingerprint density at radius 1 is 1.00 bits per heavy atom. The van der Waals surface area contributed by atoms with Crippen molar-refractivity contribution in [1.29, 1.82) is 0 Å². The molecule has 1 aliphatic heterocycles. The number of esters is 3. The maximum absolute atomic E-state index is 12.6. The van der Waals surface area contributed by atoms with Crippen molar-refractivity contribution in [1.82, 2.24) is 0 Å². The Morgan fingerprint density at radius 2 is 1.73 bits per heavy atom. The van der Waals surface area contributed by atoms with Crippen LogP contribution in [0.5, 0.6) is 5.75 Å². The van der Waals surface area contributed by atoms with Gasteiger partial charge in [0.15, 0.2) is 12.4 Å². The Labute approximate surface area is 195 Å². The van der Waals surface area contributed by atoms with Crippen LogP contribution in [0, 0.1) is 23.7 Å². The molecule has 0 amide bonds. The van der Waals surface area contributed by atoms with Crippen LogP contribution in [-0.4, -0.2) is 36.4 Å². The molecule has 5 atom stereocenters. The second kappa shape index (κ2) is 8.63. The van der Waals surface area contributed by atoms with Crippen LogP contribution >= 0.6 is 11.6 Å². The molecule has 0 aromatic heterocycles. The standard InChI is InChI=1S/C25H21ClO7/c26-16-5-1-13(2-6-16)9-21(28)32-17-7-3-14(4-8-17)19(27)12-31-24(29)22-15-10-18-20(11-15)33-25(30)23(18)22/h1-8,15,18,20,22-23H,9-12H2/t15-,18+,20+,22-,23+/m1/s1. The van der Waals surface area contributed by atoms with E-state index >= 15 is 0 Å². The summed E-state index contributed by atoms with van der Waals surface area (Å²) < 4.78 is 15.9. The molecular formula is C25H21ClO7. The number of halogens is 1. The SMILES string of the molecule is O=C(Cc1ccc(Cl)cc1)Oc1ccc(C(=O)COC(=O)[C@@H]2[C@@H]3C[C@@H]4[C@@H]2C(=O)O[C@H]4C3)cc1. The Kier molecular flexibility index (Phi) is 5.66. The highest BCUT2D eigenvalue weighted by Crippen LogP contribution is 2.57. The number of hydrogen-bond donors (Lipinski definition) is 0. The molecule has 0 spiro atoms. The second-order valence-corrected chi connectivity index (χ2v) is 9.19. The topological polar surface area (TPSA) is 96.0 Å². The van der Waals surface area contributed by atoms with E-state index < -0.39 is 30.4 Å². The average molecular weight is 469 g/mol. The van der Waals surface area contributed by atoms with Gasteiger partial charge in [-0.3, -0.25) is 19.2 Å². The van der Waals surface area contributed by atoms with Gasteiger partial charge in [0.25, 0.3) is 0 Å². The first-order valence-corrected chi connectivity index (χ1v) is 11.2. The van der Waals surface area contributed by atoms with Gasteiger partial charge in [-0.2, -0.15) is 0 Å². The summed E-state index contributed by atoms with van der Waals surface area (Å²) in [6.07, 6.45) is 1.52. The predicted octanol–water partition coefficient (Wildman–Crippen LogP) is 3.41. The molecular weight excluding hydrogens is 448 g/mol. The van der Waals surface area contributed by atoms with Crippen molar-refractivity contribution >= 4 is 35.3 Å². The van der Waals surface area contributed by atoms with Crippen molar-refractivity contribution in [2.45, 2.75) is 25.4 Å². The quantitative estimate of drug-likeness (QED) is 0.349. The highest BCUT2D eigenvalue weighted by Gasteiger charge is 2.64. The minimum Gasteiger partial charge on any atom is -0.462 e. The Balaban J connectivity index is 1.12. The van der Waals surface area contributed by atoms with Gasteiger partial charge in [-0.25, -0.2) is 0 Å². The van der Waals surface area contributed by atoms with Crippen LogP contribution in [0.4, 0.5) is 0 Å². The van der Waals surface area contributed by atoms with E-state index in [-0.39, 0.29) is 36.1 Å². The number of Topliss-reactive ketones (excluding diaryl/α,β-unsaturated/α-hetero) is 1. The van der Waals surface area contributed by atoms with E-state index in [0.29, 0.717) is 22.8 Å². The first-order chi connectivity index (χ1) is 15.9. The lowest BCUT2D eigenvalue weighted by molar-refractivity contribution is -0.154. The lowest BCUT2D eigenvalue weighted by Crippen LogP contribution is -2.34. The maximum Gasteiger partial charge on any atom is 0.315 e. The fourth-order valence-corrected chi connectivity index (χ4v) is 5.41. The molecule has 1 heterocycles. The summed E-state index contributed by atoms with van der Waals surface area (Å²) in [5.74, 6) is -2.10. The van der Waals surface area contributed by atoms with Crippen molar-refractivity contribution in [2.24, 2.45) is 23.7 Å². The summed E-state index contributed by atoms with van der Waals surface area (Å²) in [4.78, 5) is 49.2. The third kappa shape index (κ3) is 4.25.